The summed E-state index contributed by atoms with van der Waals surface area (Å²) < 4.78 is 0. The van der Waals surface area contributed by atoms with Gasteiger partial charge in [0.15, 0.2) is 0 Å². The predicted molar refractivity (Wildman–Crippen MR) is 116 cm³/mol. The zero-order valence-electron chi connectivity index (χ0n) is 17.8. The smallest absolute Gasteiger partial charge is 0.326 e. The number of aliphatic hydroxyl groups excluding tert-OH is 1. The van der Waals surface area contributed by atoms with Gasteiger partial charge < -0.3 is 42.0 Å². The van der Waals surface area contributed by atoms with Gasteiger partial charge in [0.2, 0.25) is 17.7 Å². The number of carbonyl (C=O) groups excluding carboxylic acids is 3. The number of nitrogens with zero attached hydrogens (tertiary/aromatic N) is 1. The molecule has 0 saturated carbocycles. The lowest BCUT2D eigenvalue weighted by Crippen LogP contribution is -2.58. The third kappa shape index (κ3) is 9.88. The second-order valence-corrected chi connectivity index (χ2v) is 7.96. The maximum Gasteiger partial charge on any atom is 0.326 e. The molecule has 0 fully saturated rings. The summed E-state index contributed by atoms with van der Waals surface area (Å²) in [6.45, 7) is -0.889. The van der Waals surface area contributed by atoms with Crippen molar-refractivity contribution in [1.29, 1.82) is 0 Å². The normalized spacial score (nSPS) is 14.4. The number of amides is 3. The summed E-state index contributed by atoms with van der Waals surface area (Å²) in [7, 11) is 0. The van der Waals surface area contributed by atoms with Gasteiger partial charge in [0, 0.05) is 18.3 Å². The van der Waals surface area contributed by atoms with Crippen LogP contribution in [-0.4, -0.2) is 97.7 Å². The van der Waals surface area contributed by atoms with Gasteiger partial charge in [0.05, 0.1) is 25.4 Å². The summed E-state index contributed by atoms with van der Waals surface area (Å²) in [5, 5.41) is 34.3. The number of aliphatic carboxylic acids is 2. The highest BCUT2D eigenvalue weighted by Crippen LogP contribution is 2.03. The highest BCUT2D eigenvalue weighted by molar-refractivity contribution is 7.98. The van der Waals surface area contributed by atoms with Gasteiger partial charge in [-0.2, -0.15) is 11.8 Å². The molecule has 3 amide bonds. The largest absolute Gasteiger partial charge is 0.481 e. The molecule has 0 aliphatic rings. The molecular formula is C18H28N6O8S. The van der Waals surface area contributed by atoms with E-state index in [1.54, 1.807) is 6.26 Å². The minimum atomic E-state index is -1.60. The monoisotopic (exact) mass is 488 g/mol. The van der Waals surface area contributed by atoms with Crippen LogP contribution in [0.3, 0.4) is 0 Å². The predicted octanol–water partition coefficient (Wildman–Crippen LogP) is -2.96. The minimum absolute atomic E-state index is 0.0432. The fourth-order valence-corrected chi connectivity index (χ4v) is 3.09. The lowest BCUT2D eigenvalue weighted by Gasteiger charge is -2.23. The van der Waals surface area contributed by atoms with Gasteiger partial charge in [0.1, 0.15) is 18.1 Å². The minimum Gasteiger partial charge on any atom is -0.481 e. The summed E-state index contributed by atoms with van der Waals surface area (Å²) in [5.74, 6) is -5.12. The molecule has 184 valence electrons. The van der Waals surface area contributed by atoms with Crippen molar-refractivity contribution in [2.45, 2.75) is 43.4 Å². The first-order valence-corrected chi connectivity index (χ1v) is 11.2. The molecule has 0 aliphatic heterocycles. The second-order valence-electron chi connectivity index (χ2n) is 6.97. The number of thioether (sulfide) groups is 1. The van der Waals surface area contributed by atoms with E-state index in [0.29, 0.717) is 11.4 Å². The molecule has 0 aliphatic carbocycles. The van der Waals surface area contributed by atoms with Gasteiger partial charge in [0.25, 0.3) is 0 Å². The van der Waals surface area contributed by atoms with Crippen molar-refractivity contribution in [1.82, 2.24) is 25.9 Å². The standard InChI is InChI=1S/C18H28N6O8S/c1-33-3-2-11(18(31)32)22-17(30)13(7-25)24-16(29)12(5-14(26)27)23-15(28)10(19)4-9-6-20-8-21-9/h6,8,10-13,25H,2-5,7,19H2,1H3,(H,20,21)(H,22,30)(H,23,28)(H,24,29)(H,26,27)(H,31,32). The van der Waals surface area contributed by atoms with Crippen molar-refractivity contribution in [3.8, 4) is 0 Å². The van der Waals surface area contributed by atoms with Crippen LogP contribution in [-0.2, 0) is 30.4 Å². The fourth-order valence-electron chi connectivity index (χ4n) is 2.62. The number of hydrogen-bond donors (Lipinski definition) is 8. The van der Waals surface area contributed by atoms with Crippen molar-refractivity contribution < 1.29 is 39.3 Å². The van der Waals surface area contributed by atoms with Gasteiger partial charge in [-0.15, -0.1) is 0 Å². The van der Waals surface area contributed by atoms with Crippen LogP contribution in [0.25, 0.3) is 0 Å². The average Bonchev–Trinajstić information content (AvgIpc) is 3.26. The first-order chi connectivity index (χ1) is 15.6. The Hall–Kier alpha value is -3.17. The maximum atomic E-state index is 12.6. The summed E-state index contributed by atoms with van der Waals surface area (Å²) in [6, 6.07) is -5.54. The molecule has 4 unspecified atom stereocenters. The molecule has 0 aromatic carbocycles. The third-order valence-electron chi connectivity index (χ3n) is 4.38. The Balaban J connectivity index is 2.81. The Labute approximate surface area is 193 Å². The number of imidazole rings is 1. The van der Waals surface area contributed by atoms with Crippen LogP contribution >= 0.6 is 11.8 Å². The van der Waals surface area contributed by atoms with Crippen LogP contribution in [0, 0.1) is 0 Å². The number of aliphatic hydroxyl groups is 1. The SMILES string of the molecule is CSCCC(NC(=O)C(CO)NC(=O)C(CC(=O)O)NC(=O)C(N)Cc1cnc[nH]1)C(=O)O. The number of H-pyrrole nitrogens is 1. The molecule has 1 aromatic rings. The molecule has 0 bridgehead atoms. The van der Waals surface area contributed by atoms with Crippen LogP contribution < -0.4 is 21.7 Å². The first kappa shape index (κ1) is 27.9. The molecule has 0 spiro atoms. The van der Waals surface area contributed by atoms with Crippen LogP contribution in [0.1, 0.15) is 18.5 Å². The second kappa shape index (κ2) is 14.1. The Morgan fingerprint density at radius 2 is 1.67 bits per heavy atom. The fraction of sp³-hybridized carbons (Fsp3) is 0.556. The lowest BCUT2D eigenvalue weighted by molar-refractivity contribution is -0.143. The number of nitrogens with one attached hydrogen (secondary N) is 4. The molecular weight excluding hydrogens is 460 g/mol. The molecule has 14 nitrogen and oxygen atoms in total. The zero-order chi connectivity index (χ0) is 25.0. The van der Waals surface area contributed by atoms with Crippen LogP contribution in [0.2, 0.25) is 0 Å². The van der Waals surface area contributed by atoms with E-state index >= 15 is 0 Å². The van der Waals surface area contributed by atoms with E-state index in [1.165, 1.54) is 24.3 Å². The Bertz CT molecular complexity index is 821. The van der Waals surface area contributed by atoms with Crippen molar-refractivity contribution >= 4 is 41.4 Å². The average molecular weight is 489 g/mol. The zero-order valence-corrected chi connectivity index (χ0v) is 18.6. The number of nitrogens with two attached hydrogens (primary N) is 1. The lowest BCUT2D eigenvalue weighted by atomic mass is 10.1. The van der Waals surface area contributed by atoms with Crippen LogP contribution in [0.15, 0.2) is 12.5 Å². The summed E-state index contributed by atoms with van der Waals surface area (Å²) in [5.41, 5.74) is 6.33. The number of carboxylic acid groups (broad SMARTS) is 2. The highest BCUT2D eigenvalue weighted by Gasteiger charge is 2.31. The van der Waals surface area contributed by atoms with Crippen LogP contribution in [0.5, 0.6) is 0 Å². The molecule has 33 heavy (non-hydrogen) atoms. The number of hydrogen-bond acceptors (Lipinski definition) is 9. The summed E-state index contributed by atoms with van der Waals surface area (Å²) in [4.78, 5) is 66.2. The first-order valence-electron chi connectivity index (χ1n) is 9.77. The van der Waals surface area contributed by atoms with E-state index in [-0.39, 0.29) is 12.8 Å². The van der Waals surface area contributed by atoms with Crippen molar-refractivity contribution in [2.24, 2.45) is 5.73 Å². The van der Waals surface area contributed by atoms with E-state index < -0.39 is 66.9 Å². The Morgan fingerprint density at radius 1 is 1.06 bits per heavy atom. The van der Waals surface area contributed by atoms with E-state index in [9.17, 15) is 34.2 Å². The summed E-state index contributed by atoms with van der Waals surface area (Å²) in [6.07, 6.45) is 3.93. The molecule has 0 radical (unpaired) electrons. The van der Waals surface area contributed by atoms with E-state index in [4.69, 9.17) is 10.8 Å². The number of aromatic nitrogens is 2. The quantitative estimate of drug-likeness (QED) is 0.124. The van der Waals surface area contributed by atoms with Crippen molar-refractivity contribution in [3.63, 3.8) is 0 Å². The highest BCUT2D eigenvalue weighted by atomic mass is 32.2. The number of carboxylic acids is 2. The van der Waals surface area contributed by atoms with Crippen LogP contribution in [0.4, 0.5) is 0 Å². The number of aromatic amines is 1. The van der Waals surface area contributed by atoms with E-state index in [1.807, 2.05) is 0 Å². The van der Waals surface area contributed by atoms with Gasteiger partial charge >= 0.3 is 11.9 Å². The van der Waals surface area contributed by atoms with Gasteiger partial charge in [-0.05, 0) is 18.4 Å². The Kier molecular flexibility index (Phi) is 11.9. The van der Waals surface area contributed by atoms with Gasteiger partial charge in [-0.1, -0.05) is 0 Å². The molecule has 15 heteroatoms. The van der Waals surface area contributed by atoms with Gasteiger partial charge in [-0.25, -0.2) is 9.78 Å². The van der Waals surface area contributed by atoms with Gasteiger partial charge in [-0.3, -0.25) is 19.2 Å². The van der Waals surface area contributed by atoms with Crippen molar-refractivity contribution in [2.75, 3.05) is 18.6 Å². The van der Waals surface area contributed by atoms with E-state index in [2.05, 4.69) is 25.9 Å². The Morgan fingerprint density at radius 3 is 2.18 bits per heavy atom. The molecule has 4 atom stereocenters. The molecule has 1 heterocycles. The number of carbonyl (C=O) groups is 5. The molecule has 0 saturated heterocycles. The van der Waals surface area contributed by atoms with Crippen molar-refractivity contribution in [3.05, 3.63) is 18.2 Å². The summed E-state index contributed by atoms with van der Waals surface area (Å²) >= 11 is 1.37. The molecule has 1 rings (SSSR count). The number of rotatable bonds is 15. The topological polar surface area (TPSA) is 237 Å². The third-order valence-corrected chi connectivity index (χ3v) is 5.03. The molecule has 1 aromatic heterocycles. The maximum absolute atomic E-state index is 12.6. The van der Waals surface area contributed by atoms with E-state index in [0.717, 1.165) is 0 Å². The molecule has 9 N–H and O–H groups in total.